The van der Waals surface area contributed by atoms with E-state index in [0.29, 0.717) is 12.5 Å². The quantitative estimate of drug-likeness (QED) is 0.782. The Morgan fingerprint density at radius 3 is 2.80 bits per heavy atom. The number of fused-ring (bicyclic) bond motifs is 1. The molecule has 3 rings (SSSR count). The lowest BCUT2D eigenvalue weighted by Crippen LogP contribution is -2.24. The Kier molecular flexibility index (Phi) is 4.28. The van der Waals surface area contributed by atoms with Crippen molar-refractivity contribution in [2.24, 2.45) is 5.92 Å². The van der Waals surface area contributed by atoms with Crippen LogP contribution in [-0.2, 0) is 10.6 Å². The monoisotopic (exact) mass is 286 g/mol. The van der Waals surface area contributed by atoms with Gasteiger partial charge in [-0.25, -0.2) is 0 Å². The molecule has 1 aliphatic rings. The van der Waals surface area contributed by atoms with Crippen molar-refractivity contribution < 1.29 is 8.92 Å². The van der Waals surface area contributed by atoms with Gasteiger partial charge >= 0.3 is 0 Å². The van der Waals surface area contributed by atoms with E-state index in [1.54, 1.807) is 0 Å². The summed E-state index contributed by atoms with van der Waals surface area (Å²) in [6.45, 7) is 3.55. The van der Waals surface area contributed by atoms with Crippen LogP contribution in [0.25, 0.3) is 0 Å². The van der Waals surface area contributed by atoms with Gasteiger partial charge in [0.2, 0.25) is 0 Å². The van der Waals surface area contributed by atoms with Gasteiger partial charge in [0.05, 0.1) is 13.2 Å². The van der Waals surface area contributed by atoms with Crippen LogP contribution in [0.5, 0.6) is 5.75 Å². The zero-order valence-electron chi connectivity index (χ0n) is 11.5. The molecular formula is C17H18O2S. The van der Waals surface area contributed by atoms with Crippen molar-refractivity contribution in [3.63, 3.8) is 0 Å². The number of benzene rings is 2. The van der Waals surface area contributed by atoms with Crippen LogP contribution in [-0.4, -0.2) is 13.2 Å². The van der Waals surface area contributed by atoms with Gasteiger partial charge in [0.1, 0.15) is 5.75 Å². The van der Waals surface area contributed by atoms with Gasteiger partial charge in [-0.15, -0.1) is 0 Å². The summed E-state index contributed by atoms with van der Waals surface area (Å²) in [6.07, 6.45) is 1.03. The first-order valence-electron chi connectivity index (χ1n) is 6.88. The van der Waals surface area contributed by atoms with Crippen molar-refractivity contribution in [3.8, 4) is 5.75 Å². The minimum Gasteiger partial charge on any atom is -0.493 e. The van der Waals surface area contributed by atoms with Crippen molar-refractivity contribution in [3.05, 3.63) is 59.7 Å². The maximum atomic E-state index is 5.77. The standard InChI is InChI=1S/C17H18O2S/c1-13-6-8-16(9-7-13)20-19-12-14-10-15-4-2-3-5-17(15)18-11-14/h2-9,14H,10-12H2,1H3. The normalized spacial score (nSPS) is 17.4. The Labute approximate surface area is 124 Å². The summed E-state index contributed by atoms with van der Waals surface area (Å²) in [5, 5.41) is 0. The molecule has 1 heterocycles. The van der Waals surface area contributed by atoms with Gasteiger partial charge in [0.15, 0.2) is 0 Å². The average molecular weight is 286 g/mol. The number of hydrogen-bond acceptors (Lipinski definition) is 3. The van der Waals surface area contributed by atoms with Gasteiger partial charge in [-0.1, -0.05) is 35.9 Å². The molecule has 0 bridgehead atoms. The van der Waals surface area contributed by atoms with Crippen molar-refractivity contribution in [2.75, 3.05) is 13.2 Å². The predicted octanol–water partition coefficient (Wildman–Crippen LogP) is 4.27. The van der Waals surface area contributed by atoms with Gasteiger partial charge in [-0.3, -0.25) is 0 Å². The Morgan fingerprint density at radius 1 is 1.15 bits per heavy atom. The molecule has 0 aromatic heterocycles. The highest BCUT2D eigenvalue weighted by molar-refractivity contribution is 7.94. The number of para-hydroxylation sites is 1. The van der Waals surface area contributed by atoms with Crippen molar-refractivity contribution in [1.82, 2.24) is 0 Å². The van der Waals surface area contributed by atoms with Crippen LogP contribution in [0.4, 0.5) is 0 Å². The van der Waals surface area contributed by atoms with Gasteiger partial charge in [-0.05, 0) is 37.1 Å². The van der Waals surface area contributed by atoms with Gasteiger partial charge in [0.25, 0.3) is 0 Å². The maximum absolute atomic E-state index is 5.77. The Morgan fingerprint density at radius 2 is 1.95 bits per heavy atom. The van der Waals surface area contributed by atoms with E-state index in [2.05, 4.69) is 43.3 Å². The number of aryl methyl sites for hydroxylation is 1. The Hall–Kier alpha value is -1.45. The SMILES string of the molecule is Cc1ccc(SOCC2COc3ccccc3C2)cc1. The van der Waals surface area contributed by atoms with Crippen LogP contribution < -0.4 is 4.74 Å². The number of ether oxygens (including phenoxy) is 1. The maximum Gasteiger partial charge on any atom is 0.122 e. The summed E-state index contributed by atoms with van der Waals surface area (Å²) in [4.78, 5) is 1.15. The van der Waals surface area contributed by atoms with Crippen molar-refractivity contribution >= 4 is 12.0 Å². The van der Waals surface area contributed by atoms with E-state index >= 15 is 0 Å². The minimum absolute atomic E-state index is 0.433. The summed E-state index contributed by atoms with van der Waals surface area (Å²) < 4.78 is 11.5. The van der Waals surface area contributed by atoms with E-state index in [-0.39, 0.29) is 0 Å². The first-order valence-corrected chi connectivity index (χ1v) is 7.62. The number of rotatable bonds is 4. The smallest absolute Gasteiger partial charge is 0.122 e. The van der Waals surface area contributed by atoms with Crippen molar-refractivity contribution in [1.29, 1.82) is 0 Å². The lowest BCUT2D eigenvalue weighted by molar-refractivity contribution is 0.172. The molecular weight excluding hydrogens is 268 g/mol. The molecule has 1 unspecified atom stereocenters. The molecule has 1 aliphatic heterocycles. The van der Waals surface area contributed by atoms with E-state index in [4.69, 9.17) is 8.92 Å². The van der Waals surface area contributed by atoms with Crippen LogP contribution in [0, 0.1) is 12.8 Å². The van der Waals surface area contributed by atoms with Gasteiger partial charge in [-0.2, -0.15) is 0 Å². The van der Waals surface area contributed by atoms with Crippen LogP contribution in [0.2, 0.25) is 0 Å². The topological polar surface area (TPSA) is 18.5 Å². The molecule has 104 valence electrons. The fourth-order valence-electron chi connectivity index (χ4n) is 2.29. The second-order valence-electron chi connectivity index (χ2n) is 5.17. The van der Waals surface area contributed by atoms with Crippen molar-refractivity contribution in [2.45, 2.75) is 18.2 Å². The zero-order valence-corrected chi connectivity index (χ0v) is 12.4. The molecule has 0 radical (unpaired) electrons. The second kappa shape index (κ2) is 6.33. The minimum atomic E-state index is 0.433. The van der Waals surface area contributed by atoms with E-state index in [1.807, 2.05) is 12.1 Å². The van der Waals surface area contributed by atoms with Crippen LogP contribution in [0.1, 0.15) is 11.1 Å². The predicted molar refractivity (Wildman–Crippen MR) is 82.1 cm³/mol. The Balaban J connectivity index is 1.49. The van der Waals surface area contributed by atoms with E-state index in [0.717, 1.165) is 23.7 Å². The summed E-state index contributed by atoms with van der Waals surface area (Å²) in [5.41, 5.74) is 2.55. The largest absolute Gasteiger partial charge is 0.493 e. The van der Waals surface area contributed by atoms with Crippen LogP contribution in [0.3, 0.4) is 0 Å². The molecule has 2 aromatic carbocycles. The van der Waals surface area contributed by atoms with E-state index < -0.39 is 0 Å². The molecule has 1 atom stereocenters. The third kappa shape index (κ3) is 3.35. The lowest BCUT2D eigenvalue weighted by Gasteiger charge is -2.24. The molecule has 0 N–H and O–H groups in total. The molecule has 0 saturated heterocycles. The average Bonchev–Trinajstić information content (AvgIpc) is 2.49. The van der Waals surface area contributed by atoms with E-state index in [1.165, 1.54) is 23.2 Å². The highest BCUT2D eigenvalue weighted by Crippen LogP contribution is 2.28. The van der Waals surface area contributed by atoms with Gasteiger partial charge in [0, 0.05) is 22.9 Å². The highest BCUT2D eigenvalue weighted by Gasteiger charge is 2.19. The molecule has 3 heteroatoms. The molecule has 0 saturated carbocycles. The molecule has 0 aliphatic carbocycles. The fourth-order valence-corrected chi connectivity index (χ4v) is 2.93. The second-order valence-corrected chi connectivity index (χ2v) is 6.04. The molecule has 0 fully saturated rings. The zero-order chi connectivity index (χ0) is 13.8. The van der Waals surface area contributed by atoms with Gasteiger partial charge < -0.3 is 8.92 Å². The molecule has 2 aromatic rings. The highest BCUT2D eigenvalue weighted by atomic mass is 32.2. The molecule has 0 amide bonds. The lowest BCUT2D eigenvalue weighted by atomic mass is 9.98. The number of hydrogen-bond donors (Lipinski definition) is 0. The van der Waals surface area contributed by atoms with Crippen LogP contribution in [0.15, 0.2) is 53.4 Å². The molecule has 2 nitrogen and oxygen atoms in total. The van der Waals surface area contributed by atoms with E-state index in [9.17, 15) is 0 Å². The fraction of sp³-hybridized carbons (Fsp3) is 0.294. The summed E-state index contributed by atoms with van der Waals surface area (Å²) >= 11 is 1.45. The third-order valence-electron chi connectivity index (χ3n) is 3.44. The molecule has 20 heavy (non-hydrogen) atoms. The molecule has 0 spiro atoms. The summed E-state index contributed by atoms with van der Waals surface area (Å²) in [6, 6.07) is 16.6. The first-order chi connectivity index (χ1) is 9.81. The Bertz CT molecular complexity index is 565. The third-order valence-corrected chi connectivity index (χ3v) is 4.15. The first kappa shape index (κ1) is 13.5. The summed E-state index contributed by atoms with van der Waals surface area (Å²) in [7, 11) is 0. The summed E-state index contributed by atoms with van der Waals surface area (Å²) in [5.74, 6) is 1.46. The van der Waals surface area contributed by atoms with Crippen LogP contribution >= 0.6 is 12.0 Å².